The third-order valence-electron chi connectivity index (χ3n) is 4.92. The minimum atomic E-state index is 0.739. The Bertz CT molecular complexity index is 214. The molecular formula is C19H39NO. The fourth-order valence-electron chi connectivity index (χ4n) is 3.56. The van der Waals surface area contributed by atoms with Gasteiger partial charge in [0, 0.05) is 19.3 Å². The van der Waals surface area contributed by atoms with Crippen LogP contribution in [0.1, 0.15) is 90.9 Å². The van der Waals surface area contributed by atoms with Crippen molar-refractivity contribution < 1.29 is 4.74 Å². The average molecular weight is 298 g/mol. The van der Waals surface area contributed by atoms with E-state index < -0.39 is 0 Å². The van der Waals surface area contributed by atoms with E-state index >= 15 is 0 Å². The van der Waals surface area contributed by atoms with E-state index in [2.05, 4.69) is 19.2 Å². The SMILES string of the molecule is CCCCCCCCCCCC(NCC)C1CCOCC1. The summed E-state index contributed by atoms with van der Waals surface area (Å²) in [6, 6.07) is 0.739. The zero-order valence-electron chi connectivity index (χ0n) is 14.7. The molecule has 1 N–H and O–H groups in total. The second-order valence-electron chi connectivity index (χ2n) is 6.73. The van der Waals surface area contributed by atoms with E-state index in [9.17, 15) is 0 Å². The summed E-state index contributed by atoms with van der Waals surface area (Å²) in [6.07, 6.45) is 16.8. The fraction of sp³-hybridized carbons (Fsp3) is 1.00. The summed E-state index contributed by atoms with van der Waals surface area (Å²) in [6.45, 7) is 7.59. The van der Waals surface area contributed by atoms with E-state index in [0.717, 1.165) is 31.7 Å². The Kier molecular flexibility index (Phi) is 12.3. The van der Waals surface area contributed by atoms with E-state index in [4.69, 9.17) is 4.74 Å². The molecule has 1 aliphatic rings. The predicted octanol–water partition coefficient (Wildman–Crippen LogP) is 5.31. The molecule has 21 heavy (non-hydrogen) atoms. The summed E-state index contributed by atoms with van der Waals surface area (Å²) in [4.78, 5) is 0. The van der Waals surface area contributed by atoms with Crippen LogP contribution in [-0.2, 0) is 4.74 Å². The molecule has 0 aliphatic carbocycles. The maximum absolute atomic E-state index is 5.50. The Morgan fingerprint density at radius 2 is 1.43 bits per heavy atom. The summed E-state index contributed by atoms with van der Waals surface area (Å²) in [5.74, 6) is 0.854. The van der Waals surface area contributed by atoms with Crippen molar-refractivity contribution in [2.45, 2.75) is 96.9 Å². The summed E-state index contributed by atoms with van der Waals surface area (Å²) in [5.41, 5.74) is 0. The van der Waals surface area contributed by atoms with Crippen LogP contribution >= 0.6 is 0 Å². The summed E-state index contributed by atoms with van der Waals surface area (Å²) >= 11 is 0. The van der Waals surface area contributed by atoms with Crippen LogP contribution in [0.2, 0.25) is 0 Å². The van der Waals surface area contributed by atoms with Gasteiger partial charge in [0.25, 0.3) is 0 Å². The molecule has 1 heterocycles. The van der Waals surface area contributed by atoms with Crippen LogP contribution < -0.4 is 5.32 Å². The van der Waals surface area contributed by atoms with E-state index in [1.165, 1.54) is 77.0 Å². The second kappa shape index (κ2) is 13.6. The van der Waals surface area contributed by atoms with Crippen LogP contribution in [-0.4, -0.2) is 25.8 Å². The Morgan fingerprint density at radius 1 is 0.857 bits per heavy atom. The minimum absolute atomic E-state index is 0.739. The quantitative estimate of drug-likeness (QED) is 0.465. The van der Waals surface area contributed by atoms with Gasteiger partial charge < -0.3 is 10.1 Å². The second-order valence-corrected chi connectivity index (χ2v) is 6.73. The number of hydrogen-bond donors (Lipinski definition) is 1. The molecule has 0 saturated carbocycles. The molecule has 126 valence electrons. The Balaban J connectivity index is 1.99. The Hall–Kier alpha value is -0.0800. The molecule has 0 spiro atoms. The van der Waals surface area contributed by atoms with Gasteiger partial charge in [-0.2, -0.15) is 0 Å². The molecule has 0 aromatic carbocycles. The molecular weight excluding hydrogens is 258 g/mol. The number of ether oxygens (including phenoxy) is 1. The normalized spacial score (nSPS) is 18.0. The molecule has 1 unspecified atom stereocenters. The van der Waals surface area contributed by atoms with Crippen LogP contribution in [0.4, 0.5) is 0 Å². The van der Waals surface area contributed by atoms with Crippen molar-refractivity contribution in [2.24, 2.45) is 5.92 Å². The molecule has 1 rings (SSSR count). The van der Waals surface area contributed by atoms with Crippen molar-refractivity contribution >= 4 is 0 Å². The van der Waals surface area contributed by atoms with E-state index in [0.29, 0.717) is 0 Å². The maximum Gasteiger partial charge on any atom is 0.0469 e. The van der Waals surface area contributed by atoms with Crippen LogP contribution in [0.15, 0.2) is 0 Å². The first kappa shape index (κ1) is 19.0. The summed E-state index contributed by atoms with van der Waals surface area (Å²) in [7, 11) is 0. The molecule has 0 bridgehead atoms. The minimum Gasteiger partial charge on any atom is -0.381 e. The lowest BCUT2D eigenvalue weighted by Gasteiger charge is -2.31. The highest BCUT2D eigenvalue weighted by atomic mass is 16.5. The van der Waals surface area contributed by atoms with E-state index in [-0.39, 0.29) is 0 Å². The molecule has 1 saturated heterocycles. The average Bonchev–Trinajstić information content (AvgIpc) is 2.53. The zero-order chi connectivity index (χ0) is 15.2. The van der Waals surface area contributed by atoms with Crippen LogP contribution in [0, 0.1) is 5.92 Å². The van der Waals surface area contributed by atoms with Gasteiger partial charge in [-0.15, -0.1) is 0 Å². The third kappa shape index (κ3) is 9.52. The Labute approximate surface area is 133 Å². The zero-order valence-corrected chi connectivity index (χ0v) is 14.7. The van der Waals surface area contributed by atoms with Crippen molar-refractivity contribution in [2.75, 3.05) is 19.8 Å². The molecule has 1 aliphatic heterocycles. The first-order valence-electron chi connectivity index (χ1n) is 9.69. The van der Waals surface area contributed by atoms with Gasteiger partial charge in [0.15, 0.2) is 0 Å². The van der Waals surface area contributed by atoms with Gasteiger partial charge in [-0.3, -0.25) is 0 Å². The van der Waals surface area contributed by atoms with E-state index in [1.54, 1.807) is 0 Å². The Morgan fingerprint density at radius 3 is 2.00 bits per heavy atom. The van der Waals surface area contributed by atoms with Gasteiger partial charge in [-0.1, -0.05) is 71.6 Å². The van der Waals surface area contributed by atoms with Crippen molar-refractivity contribution in [1.82, 2.24) is 5.32 Å². The van der Waals surface area contributed by atoms with Crippen molar-refractivity contribution in [3.63, 3.8) is 0 Å². The highest BCUT2D eigenvalue weighted by molar-refractivity contribution is 4.78. The first-order valence-corrected chi connectivity index (χ1v) is 9.69. The molecule has 0 radical (unpaired) electrons. The largest absolute Gasteiger partial charge is 0.381 e. The molecule has 0 amide bonds. The van der Waals surface area contributed by atoms with Gasteiger partial charge in [-0.05, 0) is 31.7 Å². The van der Waals surface area contributed by atoms with Gasteiger partial charge in [0.1, 0.15) is 0 Å². The summed E-state index contributed by atoms with van der Waals surface area (Å²) < 4.78 is 5.50. The van der Waals surface area contributed by atoms with Gasteiger partial charge in [-0.25, -0.2) is 0 Å². The number of rotatable bonds is 13. The van der Waals surface area contributed by atoms with Crippen molar-refractivity contribution in [3.8, 4) is 0 Å². The summed E-state index contributed by atoms with van der Waals surface area (Å²) in [5, 5.41) is 3.72. The number of nitrogens with one attached hydrogen (secondary N) is 1. The lowest BCUT2D eigenvalue weighted by molar-refractivity contribution is 0.0524. The van der Waals surface area contributed by atoms with Crippen molar-refractivity contribution in [3.05, 3.63) is 0 Å². The molecule has 0 aromatic rings. The predicted molar refractivity (Wildman–Crippen MR) is 92.9 cm³/mol. The molecule has 1 fully saturated rings. The standard InChI is InChI=1S/C19H39NO/c1-3-5-6-7-8-9-10-11-12-13-19(20-4-2)18-14-16-21-17-15-18/h18-20H,3-17H2,1-2H3. The van der Waals surface area contributed by atoms with Gasteiger partial charge in [0.05, 0.1) is 0 Å². The van der Waals surface area contributed by atoms with Crippen LogP contribution in [0.3, 0.4) is 0 Å². The third-order valence-corrected chi connectivity index (χ3v) is 4.92. The van der Waals surface area contributed by atoms with Crippen molar-refractivity contribution in [1.29, 1.82) is 0 Å². The van der Waals surface area contributed by atoms with Gasteiger partial charge >= 0.3 is 0 Å². The lowest BCUT2D eigenvalue weighted by Crippen LogP contribution is -2.38. The van der Waals surface area contributed by atoms with Gasteiger partial charge in [0.2, 0.25) is 0 Å². The highest BCUT2D eigenvalue weighted by Gasteiger charge is 2.22. The maximum atomic E-state index is 5.50. The fourth-order valence-corrected chi connectivity index (χ4v) is 3.56. The smallest absolute Gasteiger partial charge is 0.0469 e. The molecule has 0 aromatic heterocycles. The molecule has 2 nitrogen and oxygen atoms in total. The molecule has 2 heteroatoms. The van der Waals surface area contributed by atoms with Crippen LogP contribution in [0.25, 0.3) is 0 Å². The monoisotopic (exact) mass is 297 g/mol. The number of hydrogen-bond acceptors (Lipinski definition) is 2. The van der Waals surface area contributed by atoms with E-state index in [1.807, 2.05) is 0 Å². The topological polar surface area (TPSA) is 21.3 Å². The first-order chi connectivity index (χ1) is 10.4. The highest BCUT2D eigenvalue weighted by Crippen LogP contribution is 2.23. The molecule has 1 atom stereocenters. The lowest BCUT2D eigenvalue weighted by atomic mass is 9.88. The van der Waals surface area contributed by atoms with Crippen LogP contribution in [0.5, 0.6) is 0 Å². The number of unbranched alkanes of at least 4 members (excludes halogenated alkanes) is 8.